The van der Waals surface area contributed by atoms with Crippen LogP contribution in [0, 0.1) is 6.92 Å². The predicted molar refractivity (Wildman–Crippen MR) is 95.8 cm³/mol. The van der Waals surface area contributed by atoms with Crippen molar-refractivity contribution in [3.63, 3.8) is 0 Å². The van der Waals surface area contributed by atoms with Crippen molar-refractivity contribution in [3.05, 3.63) is 59.8 Å². The van der Waals surface area contributed by atoms with Gasteiger partial charge in [0.25, 0.3) is 0 Å². The second kappa shape index (κ2) is 8.64. The highest BCUT2D eigenvalue weighted by Gasteiger charge is 1.99. The van der Waals surface area contributed by atoms with E-state index >= 15 is 0 Å². The Morgan fingerprint density at radius 2 is 1.95 bits per heavy atom. The summed E-state index contributed by atoms with van der Waals surface area (Å²) >= 11 is 7.14. The molecule has 0 saturated carbocycles. The van der Waals surface area contributed by atoms with E-state index in [0.29, 0.717) is 5.11 Å². The molecule has 0 spiro atoms. The fourth-order valence-electron chi connectivity index (χ4n) is 1.77. The molecule has 0 amide bonds. The number of aromatic nitrogens is 1. The van der Waals surface area contributed by atoms with Crippen molar-refractivity contribution in [2.45, 2.75) is 12.7 Å². The quantitative estimate of drug-likeness (QED) is 0.629. The topological polar surface area (TPSA) is 37.0 Å². The molecule has 0 radical (unpaired) electrons. The van der Waals surface area contributed by atoms with Crippen molar-refractivity contribution in [3.8, 4) is 0 Å². The molecule has 0 fully saturated rings. The van der Waals surface area contributed by atoms with Crippen molar-refractivity contribution in [1.82, 2.24) is 10.3 Å². The summed E-state index contributed by atoms with van der Waals surface area (Å²) in [6, 6.07) is 16.3. The Labute approximate surface area is 135 Å². The fourth-order valence-corrected chi connectivity index (χ4v) is 2.80. The Morgan fingerprint density at radius 3 is 2.71 bits per heavy atom. The first kappa shape index (κ1) is 15.8. The third-order valence-corrected chi connectivity index (χ3v) is 4.05. The van der Waals surface area contributed by atoms with Gasteiger partial charge in [-0.25, -0.2) is 4.98 Å². The average Bonchev–Trinajstić information content (AvgIpc) is 2.48. The molecule has 110 valence electrons. The Hall–Kier alpha value is -1.59. The van der Waals surface area contributed by atoms with Crippen LogP contribution in [-0.4, -0.2) is 22.4 Å². The maximum absolute atomic E-state index is 5.25. The summed E-state index contributed by atoms with van der Waals surface area (Å²) < 4.78 is 0. The molecule has 2 rings (SSSR count). The van der Waals surface area contributed by atoms with Crippen molar-refractivity contribution in [2.24, 2.45) is 0 Å². The molecule has 1 aromatic carbocycles. The number of benzene rings is 1. The molecule has 2 aromatic rings. The van der Waals surface area contributed by atoms with Crippen molar-refractivity contribution < 1.29 is 0 Å². The molecule has 1 aromatic heterocycles. The number of pyridine rings is 1. The normalized spacial score (nSPS) is 10.1. The van der Waals surface area contributed by atoms with Gasteiger partial charge in [0.15, 0.2) is 5.11 Å². The number of hydrogen-bond acceptors (Lipinski definition) is 3. The van der Waals surface area contributed by atoms with Crippen LogP contribution in [0.4, 0.5) is 5.82 Å². The predicted octanol–water partition coefficient (Wildman–Crippen LogP) is 3.61. The van der Waals surface area contributed by atoms with Gasteiger partial charge in [-0.1, -0.05) is 36.4 Å². The summed E-state index contributed by atoms with van der Waals surface area (Å²) in [5, 5.41) is 6.91. The van der Waals surface area contributed by atoms with Gasteiger partial charge < -0.3 is 10.6 Å². The van der Waals surface area contributed by atoms with E-state index in [1.165, 1.54) is 5.56 Å². The Morgan fingerprint density at radius 1 is 1.14 bits per heavy atom. The van der Waals surface area contributed by atoms with Gasteiger partial charge in [-0.05, 0) is 36.8 Å². The lowest BCUT2D eigenvalue weighted by Gasteiger charge is -2.10. The number of aryl methyl sites for hydroxylation is 1. The number of thiocarbonyl (C=S) groups is 1. The van der Waals surface area contributed by atoms with Gasteiger partial charge >= 0.3 is 0 Å². The number of anilines is 1. The fraction of sp³-hybridized carbons (Fsp3) is 0.250. The van der Waals surface area contributed by atoms with Crippen LogP contribution in [0.5, 0.6) is 0 Å². The average molecular weight is 317 g/mol. The van der Waals surface area contributed by atoms with E-state index in [9.17, 15) is 0 Å². The Kier molecular flexibility index (Phi) is 6.50. The summed E-state index contributed by atoms with van der Waals surface area (Å²) in [7, 11) is 0. The van der Waals surface area contributed by atoms with Gasteiger partial charge in [0.05, 0.1) is 0 Å². The van der Waals surface area contributed by atoms with E-state index in [1.807, 2.05) is 43.0 Å². The van der Waals surface area contributed by atoms with Crippen LogP contribution in [0.3, 0.4) is 0 Å². The smallest absolute Gasteiger partial charge is 0.171 e. The molecular formula is C16H19N3S2. The molecular weight excluding hydrogens is 298 g/mol. The van der Waals surface area contributed by atoms with E-state index in [2.05, 4.69) is 39.9 Å². The lowest BCUT2D eigenvalue weighted by molar-refractivity contribution is 0.987. The van der Waals surface area contributed by atoms with E-state index in [0.717, 1.165) is 29.6 Å². The number of thioether (sulfide) groups is 1. The molecule has 0 aliphatic carbocycles. The van der Waals surface area contributed by atoms with Gasteiger partial charge in [-0.15, -0.1) is 0 Å². The zero-order valence-corrected chi connectivity index (χ0v) is 13.6. The van der Waals surface area contributed by atoms with E-state index in [4.69, 9.17) is 12.2 Å². The highest BCUT2D eigenvalue weighted by molar-refractivity contribution is 7.98. The minimum atomic E-state index is 0.619. The monoisotopic (exact) mass is 317 g/mol. The molecule has 1 heterocycles. The zero-order chi connectivity index (χ0) is 14.9. The van der Waals surface area contributed by atoms with Gasteiger partial charge in [-0.3, -0.25) is 0 Å². The van der Waals surface area contributed by atoms with Gasteiger partial charge in [0, 0.05) is 23.7 Å². The van der Waals surface area contributed by atoms with Crippen LogP contribution in [-0.2, 0) is 5.75 Å². The largest absolute Gasteiger partial charge is 0.362 e. The van der Waals surface area contributed by atoms with Crippen LogP contribution in [0.15, 0.2) is 48.5 Å². The molecule has 0 unspecified atom stereocenters. The molecule has 0 aliphatic heterocycles. The van der Waals surface area contributed by atoms with Crippen LogP contribution in [0.1, 0.15) is 11.3 Å². The molecule has 3 nitrogen and oxygen atoms in total. The standard InChI is InChI=1S/C16H19N3S2/c1-13-6-5-9-15(18-13)19-16(20)17-10-11-21-12-14-7-3-2-4-8-14/h2-9H,10-12H2,1H3,(H2,17,18,19,20). The van der Waals surface area contributed by atoms with Crippen LogP contribution < -0.4 is 10.6 Å². The Balaban J connectivity index is 1.61. The van der Waals surface area contributed by atoms with Gasteiger partial charge in [0.1, 0.15) is 5.82 Å². The number of hydrogen-bond donors (Lipinski definition) is 2. The van der Waals surface area contributed by atoms with Crippen LogP contribution >= 0.6 is 24.0 Å². The summed E-state index contributed by atoms with van der Waals surface area (Å²) in [6.45, 7) is 2.80. The first-order valence-electron chi connectivity index (χ1n) is 6.84. The summed E-state index contributed by atoms with van der Waals surface area (Å²) in [4.78, 5) is 4.35. The lowest BCUT2D eigenvalue weighted by Crippen LogP contribution is -2.30. The number of rotatable bonds is 6. The number of nitrogens with one attached hydrogen (secondary N) is 2. The van der Waals surface area contributed by atoms with Gasteiger partial charge in [-0.2, -0.15) is 11.8 Å². The SMILES string of the molecule is Cc1cccc(NC(=S)NCCSCc2ccccc2)n1. The molecule has 0 bridgehead atoms. The lowest BCUT2D eigenvalue weighted by atomic mass is 10.2. The zero-order valence-electron chi connectivity index (χ0n) is 12.0. The molecule has 0 aliphatic rings. The van der Waals surface area contributed by atoms with E-state index < -0.39 is 0 Å². The summed E-state index contributed by atoms with van der Waals surface area (Å²) in [6.07, 6.45) is 0. The third-order valence-electron chi connectivity index (χ3n) is 2.77. The highest BCUT2D eigenvalue weighted by atomic mass is 32.2. The summed E-state index contributed by atoms with van der Waals surface area (Å²) in [5.41, 5.74) is 2.33. The minimum absolute atomic E-state index is 0.619. The van der Waals surface area contributed by atoms with Crippen molar-refractivity contribution in [1.29, 1.82) is 0 Å². The highest BCUT2D eigenvalue weighted by Crippen LogP contribution is 2.10. The maximum atomic E-state index is 5.25. The van der Waals surface area contributed by atoms with E-state index in [1.54, 1.807) is 0 Å². The second-order valence-corrected chi connectivity index (χ2v) is 6.10. The summed E-state index contributed by atoms with van der Waals surface area (Å²) in [5.74, 6) is 2.82. The van der Waals surface area contributed by atoms with Crippen LogP contribution in [0.25, 0.3) is 0 Å². The molecule has 21 heavy (non-hydrogen) atoms. The van der Waals surface area contributed by atoms with Crippen molar-refractivity contribution >= 4 is 34.9 Å². The van der Waals surface area contributed by atoms with Gasteiger partial charge in [0.2, 0.25) is 0 Å². The second-order valence-electron chi connectivity index (χ2n) is 4.58. The minimum Gasteiger partial charge on any atom is -0.362 e. The molecule has 5 heteroatoms. The Bertz CT molecular complexity index is 573. The third kappa shape index (κ3) is 6.14. The first-order chi connectivity index (χ1) is 10.2. The first-order valence-corrected chi connectivity index (χ1v) is 8.40. The molecule has 0 saturated heterocycles. The van der Waals surface area contributed by atoms with E-state index in [-0.39, 0.29) is 0 Å². The number of nitrogens with zero attached hydrogens (tertiary/aromatic N) is 1. The molecule has 0 atom stereocenters. The van der Waals surface area contributed by atoms with Crippen LogP contribution in [0.2, 0.25) is 0 Å². The maximum Gasteiger partial charge on any atom is 0.171 e. The molecule has 2 N–H and O–H groups in total. The van der Waals surface area contributed by atoms with Crippen molar-refractivity contribution in [2.75, 3.05) is 17.6 Å².